The summed E-state index contributed by atoms with van der Waals surface area (Å²) in [5, 5.41) is 70.4. The maximum atomic E-state index is 13.8. The fourth-order valence-electron chi connectivity index (χ4n) is 19.4. The molecule has 15 aromatic carbocycles. The molecule has 604 valence electrons. The van der Waals surface area contributed by atoms with Crippen molar-refractivity contribution in [2.24, 2.45) is 20.0 Å². The number of hydrogen-bond donors (Lipinski definition) is 0. The Labute approximate surface area is 747 Å². The smallest absolute Gasteiger partial charge is 0.261 e. The number of thiocyanates is 4. The lowest BCUT2D eigenvalue weighted by atomic mass is 9.81. The third kappa shape index (κ3) is 10.8. The minimum Gasteiger partial charge on any atom is -0.275 e. The summed E-state index contributed by atoms with van der Waals surface area (Å²) in [4.78, 5) is 189. The van der Waals surface area contributed by atoms with Crippen LogP contribution in [0, 0.1) is 42.7 Å². The van der Waals surface area contributed by atoms with Gasteiger partial charge in [0, 0.05) is 206 Å². The van der Waals surface area contributed by atoms with Gasteiger partial charge in [-0.2, -0.15) is 41.0 Å². The van der Waals surface area contributed by atoms with Crippen LogP contribution in [0.2, 0.25) is 0 Å². The first-order valence-corrected chi connectivity index (χ1v) is 43.6. The highest BCUT2D eigenvalue weighted by Crippen LogP contribution is 2.59. The van der Waals surface area contributed by atoms with Gasteiger partial charge in [0.25, 0.3) is 70.9 Å². The molecule has 0 aromatic heterocycles. The standard InChI is InChI=1S/C32H14N6O4S4.2C30H16N4O4S2/c1-3-37-29(39)13-5-17(35-11-43)23-24-18(36-12-44)6-14-22-16(32(42)38(4-2)30(14)40)8-20(46-10-34)26(28(22)24)25-19(45-9-33)7-15(31(37)41)21(13)27(23)25;1-3-33-27(35)15-8-6-14-24-20(40-11-31)10-18-22-16(28(36)34(4-2)30(18)38)7-5-13(26(22)24)23-19(32-12-39)9-17(29(33)37)21(15)25(14)23;1-3-33-27(35)15-7-5-13-21-14(6-8-16(22(15)21)28(33)36)25-20(40-11-31)10-18-23-17(29(37)34(4-2)30(18)38)9-19(32-12-39)24(13)26(23)25/h5-8H,3-4H2,1-2H3;2*5-10H,3-4H2,1-2H3. The van der Waals surface area contributed by atoms with Gasteiger partial charge in [-0.25, -0.2) is 0 Å². The van der Waals surface area contributed by atoms with Crippen LogP contribution >= 0.6 is 95.9 Å². The van der Waals surface area contributed by atoms with E-state index in [0.29, 0.717) is 205 Å². The molecule has 0 aliphatic carbocycles. The second-order valence-electron chi connectivity index (χ2n) is 29.3. The van der Waals surface area contributed by atoms with E-state index in [0.717, 1.165) is 56.8 Å². The largest absolute Gasteiger partial charge is 0.275 e. The van der Waals surface area contributed by atoms with Crippen molar-refractivity contribution < 1.29 is 57.5 Å². The maximum Gasteiger partial charge on any atom is 0.261 e. The molecular formula is C92H46N14O12S8. The number of carbonyl (C=O) groups excluding carboxylic acids is 12. The second-order valence-corrected chi connectivity index (χ2v) is 33.4. The summed E-state index contributed by atoms with van der Waals surface area (Å²) in [5.41, 5.74) is 4.90. The number of thioether (sulfide) groups is 4. The summed E-state index contributed by atoms with van der Waals surface area (Å²) in [6.07, 6.45) is 0. The highest BCUT2D eigenvalue weighted by Gasteiger charge is 2.44. The molecule has 0 saturated carbocycles. The molecule has 0 fully saturated rings. The van der Waals surface area contributed by atoms with Crippen molar-refractivity contribution in [2.45, 2.75) is 61.1 Å². The van der Waals surface area contributed by atoms with Gasteiger partial charge >= 0.3 is 0 Å². The predicted octanol–water partition coefficient (Wildman–Crippen LogP) is 20.1. The van der Waals surface area contributed by atoms with Crippen LogP contribution in [0.3, 0.4) is 0 Å². The topological polar surface area (TPSA) is 369 Å². The van der Waals surface area contributed by atoms with Crippen molar-refractivity contribution in [3.63, 3.8) is 0 Å². The monoisotopic (exact) mass is 1790 g/mol. The number of benzene rings is 15. The quantitative estimate of drug-likeness (QED) is 0.0186. The Balaban J connectivity index is 0.000000124. The van der Waals surface area contributed by atoms with Crippen LogP contribution in [0.25, 0.3) is 129 Å². The van der Waals surface area contributed by atoms with E-state index in [1.54, 1.807) is 114 Å². The first-order valence-electron chi connectivity index (χ1n) is 38.7. The number of hydrogen-bond acceptors (Lipinski definition) is 28. The summed E-state index contributed by atoms with van der Waals surface area (Å²) in [5.74, 6) is -5.37. The normalized spacial score (nSPS) is 14.3. The average Bonchev–Trinajstić information content (AvgIpc) is 0.679. The van der Waals surface area contributed by atoms with E-state index in [9.17, 15) is 78.6 Å². The molecule has 6 heterocycles. The minimum absolute atomic E-state index is 0.107. The number of nitrogens with zero attached hydrogens (tertiary/aromatic N) is 14. The van der Waals surface area contributed by atoms with Crippen molar-refractivity contribution in [1.29, 1.82) is 21.0 Å². The summed E-state index contributed by atoms with van der Waals surface area (Å²) < 4.78 is 0. The average molecular weight is 1800 g/mol. The van der Waals surface area contributed by atoms with E-state index in [2.05, 4.69) is 62.2 Å². The number of imide groups is 6. The number of carbonyl (C=O) groups is 12. The molecule has 34 heteroatoms. The molecule has 12 amide bonds. The van der Waals surface area contributed by atoms with Crippen molar-refractivity contribution in [3.8, 4) is 21.6 Å². The SMILES string of the molecule is CCN1C(=O)c2cc(N=C=S)c3c4c(N=C=S)cc5c6c(cc(SC#N)c(c7c(SC#N)cc(c2c37)C1=O)c64)C(=O)N(CC)C5=O.CCN1C(=O)c2ccc3c4c(N=C=S)cc5c6c(cc(SC#N)c(c7ccc(c2c37)C1=O)c64)C(=O)N(CC)C5=O.CCN1C(=O)c2ccc3c4c(SC#N)cc5c6c(ccc(c7c(N=C=S)cc(c2c37)C1=O)c64)C(=O)N(CC)C5=O. The van der Waals surface area contributed by atoms with E-state index < -0.39 is 47.3 Å². The number of rotatable bonds is 14. The maximum absolute atomic E-state index is 13.8. The van der Waals surface area contributed by atoms with E-state index in [-0.39, 0.29) is 96.5 Å². The molecule has 126 heavy (non-hydrogen) atoms. The summed E-state index contributed by atoms with van der Waals surface area (Å²) in [7, 11) is 0. The van der Waals surface area contributed by atoms with Crippen molar-refractivity contribution >= 4 is 339 Å². The first-order chi connectivity index (χ1) is 61.0. The van der Waals surface area contributed by atoms with Crippen LogP contribution in [0.5, 0.6) is 0 Å². The number of aliphatic imine (C=N–C) groups is 4. The molecule has 0 atom stereocenters. The van der Waals surface area contributed by atoms with Crippen LogP contribution in [0.4, 0.5) is 22.7 Å². The van der Waals surface area contributed by atoms with Gasteiger partial charge in [0.05, 0.1) is 65.6 Å². The van der Waals surface area contributed by atoms with Gasteiger partial charge in [0.2, 0.25) is 0 Å². The number of amides is 12. The van der Waals surface area contributed by atoms with Gasteiger partial charge < -0.3 is 0 Å². The van der Waals surface area contributed by atoms with Crippen LogP contribution in [0.15, 0.2) is 137 Å². The molecule has 21 rings (SSSR count). The molecule has 15 aromatic rings. The van der Waals surface area contributed by atoms with Crippen molar-refractivity contribution in [3.05, 3.63) is 164 Å². The lowest BCUT2D eigenvalue weighted by Crippen LogP contribution is -2.40. The van der Waals surface area contributed by atoms with Crippen molar-refractivity contribution in [1.82, 2.24) is 29.4 Å². The molecule has 0 saturated heterocycles. The molecular weight excluding hydrogens is 1750 g/mol. The molecule has 0 radical (unpaired) electrons. The van der Waals surface area contributed by atoms with Crippen LogP contribution in [-0.4, -0.2) is 160 Å². The molecule has 0 bridgehead atoms. The molecule has 0 unspecified atom stereocenters. The third-order valence-electron chi connectivity index (χ3n) is 24.2. The molecule has 26 nitrogen and oxygen atoms in total. The van der Waals surface area contributed by atoms with E-state index in [4.69, 9.17) is 48.9 Å². The number of isothiocyanates is 4. The number of nitriles is 4. The number of fused-ring (bicyclic) bond motifs is 6. The van der Waals surface area contributed by atoms with E-state index >= 15 is 0 Å². The van der Waals surface area contributed by atoms with Gasteiger partial charge in [0.15, 0.2) is 0 Å². The zero-order valence-corrected chi connectivity index (χ0v) is 72.4. The first kappa shape index (κ1) is 81.3. The van der Waals surface area contributed by atoms with Gasteiger partial charge in [-0.1, -0.05) is 24.3 Å². The minimum atomic E-state index is -0.533. The molecule has 0 spiro atoms. The fraction of sp³-hybridized carbons (Fsp3) is 0.130. The fourth-order valence-corrected chi connectivity index (χ4v) is 22.2. The lowest BCUT2D eigenvalue weighted by molar-refractivity contribution is 0.0603. The van der Waals surface area contributed by atoms with Crippen molar-refractivity contribution in [2.75, 3.05) is 39.3 Å². The highest BCUT2D eigenvalue weighted by molar-refractivity contribution is 8.04. The van der Waals surface area contributed by atoms with Crippen LogP contribution in [0.1, 0.15) is 166 Å². The van der Waals surface area contributed by atoms with Gasteiger partial charge in [-0.15, -0.1) is 0 Å². The summed E-state index contributed by atoms with van der Waals surface area (Å²) in [6.45, 7) is 11.4. The Morgan fingerprint density at radius 3 is 0.690 bits per heavy atom. The zero-order valence-electron chi connectivity index (χ0n) is 65.9. The van der Waals surface area contributed by atoms with Gasteiger partial charge in [-0.05, 0) is 237 Å². The summed E-state index contributed by atoms with van der Waals surface area (Å²) >= 11 is 23.4. The third-order valence-corrected chi connectivity index (χ3v) is 27.1. The van der Waals surface area contributed by atoms with E-state index in [1.165, 1.54) is 31.7 Å². The molecule has 0 N–H and O–H groups in total. The van der Waals surface area contributed by atoms with Gasteiger partial charge in [-0.3, -0.25) is 86.9 Å². The molecule has 6 aliphatic rings. The number of thiocarbonyl (C=S) groups is 4. The van der Waals surface area contributed by atoms with Crippen LogP contribution < -0.4 is 0 Å². The Hall–Kier alpha value is -14.4. The van der Waals surface area contributed by atoms with E-state index in [1.807, 2.05) is 12.1 Å². The Kier molecular flexibility index (Phi) is 19.5. The molecule has 6 aliphatic heterocycles. The van der Waals surface area contributed by atoms with Crippen LogP contribution in [-0.2, 0) is 0 Å². The predicted molar refractivity (Wildman–Crippen MR) is 494 cm³/mol. The Bertz CT molecular complexity index is 8230. The Morgan fingerprint density at radius 1 is 0.230 bits per heavy atom. The zero-order chi connectivity index (χ0) is 88.7. The second kappa shape index (κ2) is 30.2. The Morgan fingerprint density at radius 2 is 0.421 bits per heavy atom. The lowest BCUT2D eigenvalue weighted by Gasteiger charge is -2.31. The highest BCUT2D eigenvalue weighted by atomic mass is 32.2. The van der Waals surface area contributed by atoms with Gasteiger partial charge in [0.1, 0.15) is 21.6 Å². The summed E-state index contributed by atoms with van der Waals surface area (Å²) in [6, 6.07) is 26.8.